The molecule has 2 fully saturated rings. The highest BCUT2D eigenvalue weighted by molar-refractivity contribution is 7.89. The van der Waals surface area contributed by atoms with E-state index in [9.17, 15) is 13.2 Å². The molecule has 2 saturated heterocycles. The lowest BCUT2D eigenvalue weighted by atomic mass is 9.76. The highest BCUT2D eigenvalue weighted by Gasteiger charge is 2.48. The molecular formula is C16H29NO5S. The van der Waals surface area contributed by atoms with Crippen molar-refractivity contribution in [3.8, 4) is 0 Å². The van der Waals surface area contributed by atoms with E-state index in [1.807, 2.05) is 0 Å². The number of carboxylic acid groups (broad SMARTS) is 1. The Hall–Kier alpha value is -0.660. The van der Waals surface area contributed by atoms with Crippen LogP contribution in [0.4, 0.5) is 0 Å². The van der Waals surface area contributed by atoms with Crippen molar-refractivity contribution in [1.82, 2.24) is 4.72 Å². The van der Waals surface area contributed by atoms with Gasteiger partial charge in [0.1, 0.15) is 0 Å². The SMILES string of the molecule is CCS(=O)(=O)NCC1C2CCC(O2)C1CCCCCCC(=O)O. The van der Waals surface area contributed by atoms with Crippen LogP contribution in [0.15, 0.2) is 0 Å². The van der Waals surface area contributed by atoms with E-state index in [4.69, 9.17) is 9.84 Å². The Labute approximate surface area is 139 Å². The van der Waals surface area contributed by atoms with Crippen LogP contribution in [0.3, 0.4) is 0 Å². The van der Waals surface area contributed by atoms with Gasteiger partial charge in [-0.05, 0) is 38.5 Å². The third kappa shape index (κ3) is 5.43. The van der Waals surface area contributed by atoms with Crippen molar-refractivity contribution in [2.75, 3.05) is 12.3 Å². The molecule has 4 unspecified atom stereocenters. The minimum absolute atomic E-state index is 0.114. The number of aliphatic carboxylic acids is 1. The van der Waals surface area contributed by atoms with Gasteiger partial charge in [0.2, 0.25) is 10.0 Å². The van der Waals surface area contributed by atoms with E-state index in [1.165, 1.54) is 0 Å². The number of hydrogen-bond acceptors (Lipinski definition) is 4. The van der Waals surface area contributed by atoms with Gasteiger partial charge in [-0.2, -0.15) is 0 Å². The monoisotopic (exact) mass is 347 g/mol. The number of sulfonamides is 1. The highest BCUT2D eigenvalue weighted by Crippen LogP contribution is 2.45. The van der Waals surface area contributed by atoms with Crippen LogP contribution in [0.2, 0.25) is 0 Å². The number of rotatable bonds is 11. The predicted molar refractivity (Wildman–Crippen MR) is 87.7 cm³/mol. The molecule has 0 aliphatic carbocycles. The molecular weight excluding hydrogens is 318 g/mol. The number of carbonyl (C=O) groups is 1. The molecule has 0 aromatic heterocycles. The quantitative estimate of drug-likeness (QED) is 0.559. The predicted octanol–water partition coefficient (Wildman–Crippen LogP) is 2.14. The van der Waals surface area contributed by atoms with Crippen molar-refractivity contribution >= 4 is 16.0 Å². The average molecular weight is 347 g/mol. The Morgan fingerprint density at radius 1 is 1.13 bits per heavy atom. The maximum atomic E-state index is 11.7. The molecule has 0 spiro atoms. The Kier molecular flexibility index (Phi) is 6.85. The lowest BCUT2D eigenvalue weighted by Crippen LogP contribution is -2.38. The van der Waals surface area contributed by atoms with E-state index in [2.05, 4.69) is 4.72 Å². The number of ether oxygens (including phenoxy) is 1. The second-order valence-electron chi connectivity index (χ2n) is 6.72. The van der Waals surface area contributed by atoms with E-state index in [-0.39, 0.29) is 30.3 Å². The number of fused-ring (bicyclic) bond motifs is 2. The molecule has 2 N–H and O–H groups in total. The van der Waals surface area contributed by atoms with Gasteiger partial charge in [-0.25, -0.2) is 13.1 Å². The van der Waals surface area contributed by atoms with Crippen molar-refractivity contribution < 1.29 is 23.1 Å². The van der Waals surface area contributed by atoms with Gasteiger partial charge in [0.15, 0.2) is 0 Å². The van der Waals surface area contributed by atoms with E-state index in [1.54, 1.807) is 6.92 Å². The van der Waals surface area contributed by atoms with Crippen LogP contribution >= 0.6 is 0 Å². The molecule has 2 rings (SSSR count). The smallest absolute Gasteiger partial charge is 0.303 e. The van der Waals surface area contributed by atoms with Crippen LogP contribution in [-0.2, 0) is 19.6 Å². The molecule has 0 aromatic carbocycles. The van der Waals surface area contributed by atoms with Gasteiger partial charge in [-0.3, -0.25) is 4.79 Å². The topological polar surface area (TPSA) is 92.7 Å². The van der Waals surface area contributed by atoms with Gasteiger partial charge in [-0.15, -0.1) is 0 Å². The number of hydrogen-bond donors (Lipinski definition) is 2. The van der Waals surface area contributed by atoms with Crippen molar-refractivity contribution in [2.45, 2.75) is 70.5 Å². The Morgan fingerprint density at radius 2 is 1.78 bits per heavy atom. The fourth-order valence-corrected chi connectivity index (χ4v) is 4.54. The number of nitrogens with one attached hydrogen (secondary N) is 1. The van der Waals surface area contributed by atoms with Crippen molar-refractivity contribution in [2.24, 2.45) is 11.8 Å². The summed E-state index contributed by atoms with van der Waals surface area (Å²) in [6.07, 6.45) is 7.70. The first-order chi connectivity index (χ1) is 10.9. The second-order valence-corrected chi connectivity index (χ2v) is 8.81. The van der Waals surface area contributed by atoms with E-state index >= 15 is 0 Å². The van der Waals surface area contributed by atoms with Gasteiger partial charge in [0, 0.05) is 18.9 Å². The van der Waals surface area contributed by atoms with Crippen LogP contribution < -0.4 is 4.72 Å². The standard InChI is InChI=1S/C16H29NO5S/c1-2-23(20,21)17-11-13-12(14-9-10-15(13)22-14)7-5-3-4-6-8-16(18)19/h12-15,17H,2-11H2,1H3,(H,18,19). The zero-order chi connectivity index (χ0) is 16.9. The average Bonchev–Trinajstić information content (AvgIpc) is 3.10. The van der Waals surface area contributed by atoms with E-state index in [0.717, 1.165) is 44.9 Å². The van der Waals surface area contributed by atoms with Gasteiger partial charge in [-0.1, -0.05) is 19.3 Å². The van der Waals surface area contributed by atoms with Gasteiger partial charge in [0.05, 0.1) is 18.0 Å². The van der Waals surface area contributed by atoms with E-state index < -0.39 is 16.0 Å². The lowest BCUT2D eigenvalue weighted by Gasteiger charge is -2.28. The summed E-state index contributed by atoms with van der Waals surface area (Å²) >= 11 is 0. The first-order valence-corrected chi connectivity index (χ1v) is 10.4. The summed E-state index contributed by atoms with van der Waals surface area (Å²) in [4.78, 5) is 10.5. The highest BCUT2D eigenvalue weighted by atomic mass is 32.2. The van der Waals surface area contributed by atoms with E-state index in [0.29, 0.717) is 12.5 Å². The second kappa shape index (κ2) is 8.44. The fraction of sp³-hybridized carbons (Fsp3) is 0.938. The minimum Gasteiger partial charge on any atom is -0.481 e. The van der Waals surface area contributed by atoms with Crippen LogP contribution in [0.5, 0.6) is 0 Å². The molecule has 2 aliphatic heterocycles. The summed E-state index contributed by atoms with van der Waals surface area (Å²) in [7, 11) is -3.15. The Morgan fingerprint density at radius 3 is 2.43 bits per heavy atom. The summed E-state index contributed by atoms with van der Waals surface area (Å²) in [5.41, 5.74) is 0. The number of carboxylic acids is 1. The minimum atomic E-state index is -3.15. The molecule has 0 radical (unpaired) electrons. The molecule has 7 heteroatoms. The van der Waals surface area contributed by atoms with Gasteiger partial charge < -0.3 is 9.84 Å². The molecule has 0 amide bonds. The fourth-order valence-electron chi connectivity index (χ4n) is 3.89. The summed E-state index contributed by atoms with van der Waals surface area (Å²) in [6.45, 7) is 2.13. The number of unbranched alkanes of at least 4 members (excludes halogenated alkanes) is 3. The Balaban J connectivity index is 1.74. The first-order valence-electron chi connectivity index (χ1n) is 8.77. The molecule has 0 aromatic rings. The molecule has 2 bridgehead atoms. The third-order valence-electron chi connectivity index (χ3n) is 5.19. The molecule has 4 atom stereocenters. The molecule has 23 heavy (non-hydrogen) atoms. The maximum absolute atomic E-state index is 11.7. The summed E-state index contributed by atoms with van der Waals surface area (Å²) in [5.74, 6) is 0.111. The summed E-state index contributed by atoms with van der Waals surface area (Å²) in [6, 6.07) is 0. The Bertz CT molecular complexity index is 493. The summed E-state index contributed by atoms with van der Waals surface area (Å²) in [5, 5.41) is 8.62. The van der Waals surface area contributed by atoms with Crippen LogP contribution in [0.25, 0.3) is 0 Å². The van der Waals surface area contributed by atoms with Crippen molar-refractivity contribution in [3.63, 3.8) is 0 Å². The molecule has 134 valence electrons. The lowest BCUT2D eigenvalue weighted by molar-refractivity contribution is -0.137. The normalized spacial score (nSPS) is 30.0. The molecule has 2 aliphatic rings. The van der Waals surface area contributed by atoms with Gasteiger partial charge in [0.25, 0.3) is 0 Å². The van der Waals surface area contributed by atoms with Crippen LogP contribution in [-0.4, -0.2) is 44.0 Å². The largest absolute Gasteiger partial charge is 0.481 e. The molecule has 2 heterocycles. The molecule has 0 saturated carbocycles. The zero-order valence-corrected chi connectivity index (χ0v) is 14.7. The van der Waals surface area contributed by atoms with Crippen molar-refractivity contribution in [3.05, 3.63) is 0 Å². The van der Waals surface area contributed by atoms with Crippen molar-refractivity contribution in [1.29, 1.82) is 0 Å². The van der Waals surface area contributed by atoms with Crippen LogP contribution in [0.1, 0.15) is 58.3 Å². The van der Waals surface area contributed by atoms with Gasteiger partial charge >= 0.3 is 5.97 Å². The maximum Gasteiger partial charge on any atom is 0.303 e. The summed E-state index contributed by atoms with van der Waals surface area (Å²) < 4.78 is 32.0. The zero-order valence-electron chi connectivity index (χ0n) is 13.9. The molecule has 6 nitrogen and oxygen atoms in total. The first kappa shape index (κ1) is 18.7. The third-order valence-corrected chi connectivity index (χ3v) is 6.55. The van der Waals surface area contributed by atoms with Crippen LogP contribution in [0, 0.1) is 11.8 Å².